The number of thioether (sulfide) groups is 1. The monoisotopic (exact) mass is 572 g/mol. The molecule has 3 atom stereocenters. The first-order valence-electron chi connectivity index (χ1n) is 15.0. The Bertz CT molecular complexity index is 697. The van der Waals surface area contributed by atoms with Gasteiger partial charge in [0.1, 0.15) is 11.6 Å². The molecule has 2 amide bonds. The third-order valence-corrected chi connectivity index (χ3v) is 8.61. The van der Waals surface area contributed by atoms with Crippen molar-refractivity contribution in [2.24, 2.45) is 0 Å². The molecule has 10 heteroatoms. The minimum Gasteiger partial charge on any atom is -0.379 e. The minimum absolute atomic E-state index is 0.116. The van der Waals surface area contributed by atoms with Crippen molar-refractivity contribution in [2.45, 2.75) is 102 Å². The van der Waals surface area contributed by atoms with Crippen molar-refractivity contribution in [1.29, 1.82) is 0 Å². The molecule has 0 bridgehead atoms. The molecule has 0 aromatic carbocycles. The Morgan fingerprint density at radius 2 is 1.46 bits per heavy atom. The Kier molecular flexibility index (Phi) is 18.8. The second-order valence-electron chi connectivity index (χ2n) is 10.5. The fourth-order valence-electron chi connectivity index (χ4n) is 4.96. The zero-order valence-electron chi connectivity index (χ0n) is 24.3. The van der Waals surface area contributed by atoms with Gasteiger partial charge in [-0.1, -0.05) is 32.6 Å². The lowest BCUT2D eigenvalue weighted by Gasteiger charge is -2.27. The van der Waals surface area contributed by atoms with Crippen LogP contribution in [0.2, 0.25) is 0 Å². The number of hydrogen-bond donors (Lipinski definition) is 1. The van der Waals surface area contributed by atoms with Crippen LogP contribution in [0.25, 0.3) is 0 Å². The number of fused-ring (bicyclic) bond motifs is 1. The van der Waals surface area contributed by atoms with E-state index in [0.717, 1.165) is 44.4 Å². The van der Waals surface area contributed by atoms with Crippen LogP contribution in [0.4, 0.5) is 4.79 Å². The van der Waals surface area contributed by atoms with Gasteiger partial charge in [-0.05, 0) is 32.6 Å². The lowest BCUT2D eigenvalue weighted by atomic mass is 10.0. The SMILES string of the molecule is CCCCCCN1C(=O)N[C@H]2CS[C@@H](CCCCC(=O)CCCOCCOCCOCCOCCC(C)=O)[C@H]21. The zero-order valence-corrected chi connectivity index (χ0v) is 25.1. The molecule has 2 saturated heterocycles. The van der Waals surface area contributed by atoms with E-state index >= 15 is 0 Å². The van der Waals surface area contributed by atoms with Crippen molar-refractivity contribution in [1.82, 2.24) is 10.2 Å². The van der Waals surface area contributed by atoms with Crippen molar-refractivity contribution >= 4 is 29.4 Å². The van der Waals surface area contributed by atoms with Gasteiger partial charge in [0.05, 0.1) is 58.3 Å². The number of hydrogen-bond acceptors (Lipinski definition) is 8. The molecule has 0 aromatic heterocycles. The Balaban J connectivity index is 1.38. The molecule has 9 nitrogen and oxygen atoms in total. The Morgan fingerprint density at radius 1 is 0.821 bits per heavy atom. The average molecular weight is 573 g/mol. The maximum absolute atomic E-state index is 12.4. The Hall–Kier alpha value is -1.20. The molecule has 2 fully saturated rings. The summed E-state index contributed by atoms with van der Waals surface area (Å²) >= 11 is 1.99. The van der Waals surface area contributed by atoms with E-state index in [-0.39, 0.29) is 17.9 Å². The summed E-state index contributed by atoms with van der Waals surface area (Å²) in [5, 5.41) is 3.66. The van der Waals surface area contributed by atoms with Gasteiger partial charge in [0.2, 0.25) is 0 Å². The molecule has 39 heavy (non-hydrogen) atoms. The summed E-state index contributed by atoms with van der Waals surface area (Å²) in [7, 11) is 0. The number of carbonyl (C=O) groups excluding carboxylic acids is 3. The van der Waals surface area contributed by atoms with Crippen molar-refractivity contribution in [2.75, 3.05) is 65.2 Å². The number of amides is 2. The standard InChI is InChI=1S/C29H52N2O7S/c1-3-4-5-8-14-31-28-26(30-29(31)34)23-39-27(28)12-7-6-10-25(33)11-9-15-35-17-19-37-21-22-38-20-18-36-16-13-24(2)32/h26-28H,3-23H2,1-2H3,(H,30,34)/t26-,27-,28-/m0/s1. The van der Waals surface area contributed by atoms with Gasteiger partial charge in [-0.2, -0.15) is 11.8 Å². The van der Waals surface area contributed by atoms with Crippen molar-refractivity contribution in [3.8, 4) is 0 Å². The summed E-state index contributed by atoms with van der Waals surface area (Å²) in [4.78, 5) is 37.6. The third kappa shape index (κ3) is 14.8. The molecule has 0 aliphatic carbocycles. The lowest BCUT2D eigenvalue weighted by Crippen LogP contribution is -2.41. The van der Waals surface area contributed by atoms with Crippen LogP contribution in [0, 0.1) is 0 Å². The van der Waals surface area contributed by atoms with E-state index in [1.165, 1.54) is 19.3 Å². The summed E-state index contributed by atoms with van der Waals surface area (Å²) in [5.74, 6) is 1.44. The van der Waals surface area contributed by atoms with Gasteiger partial charge in [-0.25, -0.2) is 4.79 Å². The summed E-state index contributed by atoms with van der Waals surface area (Å²) in [5.41, 5.74) is 0. The fourth-order valence-corrected chi connectivity index (χ4v) is 6.56. The number of carbonyl (C=O) groups is 3. The van der Waals surface area contributed by atoms with E-state index < -0.39 is 0 Å². The van der Waals surface area contributed by atoms with E-state index in [1.807, 2.05) is 11.8 Å². The summed E-state index contributed by atoms with van der Waals surface area (Å²) in [6.07, 6.45) is 10.1. The van der Waals surface area contributed by atoms with Gasteiger partial charge >= 0.3 is 6.03 Å². The van der Waals surface area contributed by atoms with E-state index in [2.05, 4.69) is 17.1 Å². The van der Waals surface area contributed by atoms with Crippen molar-refractivity contribution < 1.29 is 33.3 Å². The number of ether oxygens (including phenoxy) is 4. The van der Waals surface area contributed by atoms with Crippen LogP contribution < -0.4 is 5.32 Å². The van der Waals surface area contributed by atoms with Gasteiger partial charge in [0.25, 0.3) is 0 Å². The van der Waals surface area contributed by atoms with Gasteiger partial charge < -0.3 is 29.2 Å². The van der Waals surface area contributed by atoms with Crippen LogP contribution in [0.3, 0.4) is 0 Å². The van der Waals surface area contributed by atoms with Crippen molar-refractivity contribution in [3.63, 3.8) is 0 Å². The molecule has 2 heterocycles. The molecule has 0 radical (unpaired) electrons. The van der Waals surface area contributed by atoms with E-state index in [1.54, 1.807) is 6.92 Å². The number of Topliss-reactive ketones (excluding diaryl/α,β-unsaturated/α-hetero) is 2. The first-order chi connectivity index (χ1) is 19.0. The molecular formula is C29H52N2O7S. The molecule has 0 saturated carbocycles. The van der Waals surface area contributed by atoms with Crippen LogP contribution in [-0.2, 0) is 28.5 Å². The Labute approximate surface area is 239 Å². The Morgan fingerprint density at radius 3 is 2.13 bits per heavy atom. The van der Waals surface area contributed by atoms with Gasteiger partial charge in [-0.15, -0.1) is 0 Å². The smallest absolute Gasteiger partial charge is 0.318 e. The third-order valence-electron chi connectivity index (χ3n) is 7.12. The summed E-state index contributed by atoms with van der Waals surface area (Å²) in [6, 6.07) is 0.719. The minimum atomic E-state index is 0.116. The average Bonchev–Trinajstić information content (AvgIpc) is 3.44. The van der Waals surface area contributed by atoms with Crippen molar-refractivity contribution in [3.05, 3.63) is 0 Å². The number of rotatable bonds is 26. The highest BCUT2D eigenvalue weighted by Crippen LogP contribution is 2.37. The molecular weight excluding hydrogens is 520 g/mol. The highest BCUT2D eigenvalue weighted by Gasteiger charge is 2.47. The topological polar surface area (TPSA) is 103 Å². The number of unbranched alkanes of at least 4 members (excludes halogenated alkanes) is 4. The van der Waals surface area contributed by atoms with Crippen LogP contribution >= 0.6 is 11.8 Å². The van der Waals surface area contributed by atoms with Gasteiger partial charge in [0.15, 0.2) is 0 Å². The normalized spacial score (nSPS) is 20.4. The predicted octanol–water partition coefficient (Wildman–Crippen LogP) is 4.40. The number of urea groups is 1. The van der Waals surface area contributed by atoms with E-state index in [4.69, 9.17) is 18.9 Å². The van der Waals surface area contributed by atoms with E-state index in [9.17, 15) is 14.4 Å². The molecule has 2 rings (SSSR count). The number of ketones is 2. The quantitative estimate of drug-likeness (QED) is 0.120. The highest BCUT2D eigenvalue weighted by molar-refractivity contribution is 8.00. The maximum atomic E-state index is 12.4. The van der Waals surface area contributed by atoms with Crippen LogP contribution in [0.5, 0.6) is 0 Å². The largest absolute Gasteiger partial charge is 0.379 e. The summed E-state index contributed by atoms with van der Waals surface area (Å²) < 4.78 is 21.7. The molecule has 0 aromatic rings. The zero-order chi connectivity index (χ0) is 28.1. The predicted molar refractivity (Wildman–Crippen MR) is 154 cm³/mol. The van der Waals surface area contributed by atoms with Crippen LogP contribution in [-0.4, -0.2) is 105 Å². The maximum Gasteiger partial charge on any atom is 0.318 e. The molecule has 1 N–H and O–H groups in total. The van der Waals surface area contributed by atoms with Crippen LogP contribution in [0.1, 0.15) is 84.5 Å². The second-order valence-corrected chi connectivity index (χ2v) is 11.7. The first kappa shape index (κ1) is 34.0. The number of nitrogens with zero attached hydrogens (tertiary/aromatic N) is 1. The number of nitrogens with one attached hydrogen (secondary N) is 1. The molecule has 0 spiro atoms. The first-order valence-corrected chi connectivity index (χ1v) is 16.1. The van der Waals surface area contributed by atoms with Gasteiger partial charge in [-0.3, -0.25) is 9.59 Å². The van der Waals surface area contributed by atoms with Crippen LogP contribution in [0.15, 0.2) is 0 Å². The molecule has 0 unspecified atom stereocenters. The highest BCUT2D eigenvalue weighted by atomic mass is 32.2. The molecule has 2 aliphatic rings. The molecule has 226 valence electrons. The van der Waals surface area contributed by atoms with Gasteiger partial charge in [0, 0.05) is 43.4 Å². The lowest BCUT2D eigenvalue weighted by molar-refractivity contribution is -0.119. The van der Waals surface area contributed by atoms with E-state index in [0.29, 0.717) is 89.2 Å². The summed E-state index contributed by atoms with van der Waals surface area (Å²) in [6.45, 7) is 8.62. The second kappa shape index (κ2) is 21.5. The molecule has 2 aliphatic heterocycles. The fraction of sp³-hybridized carbons (Fsp3) is 0.897.